The van der Waals surface area contributed by atoms with Crippen molar-refractivity contribution in [3.8, 4) is 0 Å². The van der Waals surface area contributed by atoms with Gasteiger partial charge in [-0.05, 0) is 57.7 Å². The van der Waals surface area contributed by atoms with Gasteiger partial charge >= 0.3 is 0 Å². The fourth-order valence-corrected chi connectivity index (χ4v) is 5.79. The number of primary amides is 1. The maximum Gasteiger partial charge on any atom is 0.244 e. The molecular formula is C27H33ClN6O4. The van der Waals surface area contributed by atoms with E-state index in [0.29, 0.717) is 42.9 Å². The Hall–Kier alpha value is -3.21. The number of nitrogens with one attached hydrogen (secondary N) is 3. The van der Waals surface area contributed by atoms with Gasteiger partial charge in [0.15, 0.2) is 0 Å². The standard InChI is InChI=1S/C27H33ClN6O4/c1-27(2)14-34(12-23(35)31-17-5-3-15(4-6-17)25(29)36)22(13-38-27)26(37)33-20-10-16(28)9-19-18-7-8-30-11-21(18)32-24(19)20/h7-11,15,17,22,32H,3-6,12-14H2,1-2H3,(H2,29,36)(H,31,35)(H,33,37)/t15?,17?,22-/m0/s1. The maximum absolute atomic E-state index is 13.6. The van der Waals surface area contributed by atoms with Crippen LogP contribution in [0.2, 0.25) is 5.02 Å². The van der Waals surface area contributed by atoms with E-state index in [1.165, 1.54) is 0 Å². The number of carbonyl (C=O) groups excluding carboxylic acids is 3. The molecule has 0 spiro atoms. The van der Waals surface area contributed by atoms with Crippen molar-refractivity contribution in [3.05, 3.63) is 35.6 Å². The smallest absolute Gasteiger partial charge is 0.244 e. The van der Waals surface area contributed by atoms with Crippen molar-refractivity contribution in [3.63, 3.8) is 0 Å². The molecule has 202 valence electrons. The van der Waals surface area contributed by atoms with Crippen molar-refractivity contribution in [2.24, 2.45) is 11.7 Å². The van der Waals surface area contributed by atoms with Gasteiger partial charge in [0, 0.05) is 40.5 Å². The van der Waals surface area contributed by atoms with E-state index in [-0.39, 0.29) is 42.8 Å². The Morgan fingerprint density at radius 1 is 1.21 bits per heavy atom. The van der Waals surface area contributed by atoms with Gasteiger partial charge in [0.2, 0.25) is 17.7 Å². The van der Waals surface area contributed by atoms with Crippen LogP contribution in [0.25, 0.3) is 21.8 Å². The van der Waals surface area contributed by atoms with Gasteiger partial charge in [-0.25, -0.2) is 0 Å². The Kier molecular flexibility index (Phi) is 7.30. The number of fused-ring (bicyclic) bond motifs is 3. The van der Waals surface area contributed by atoms with Gasteiger partial charge in [0.1, 0.15) is 6.04 Å². The van der Waals surface area contributed by atoms with Gasteiger partial charge in [-0.3, -0.25) is 24.3 Å². The third-order valence-electron chi connectivity index (χ3n) is 7.53. The second kappa shape index (κ2) is 10.5. The van der Waals surface area contributed by atoms with Crippen LogP contribution in [-0.2, 0) is 19.1 Å². The highest BCUT2D eigenvalue weighted by molar-refractivity contribution is 6.33. The third kappa shape index (κ3) is 5.62. The molecule has 2 aromatic heterocycles. The number of H-pyrrole nitrogens is 1. The number of rotatable bonds is 6. The van der Waals surface area contributed by atoms with E-state index < -0.39 is 11.6 Å². The topological polar surface area (TPSA) is 142 Å². The van der Waals surface area contributed by atoms with E-state index >= 15 is 0 Å². The number of carbonyl (C=O) groups is 3. The summed E-state index contributed by atoms with van der Waals surface area (Å²) >= 11 is 6.41. The van der Waals surface area contributed by atoms with Crippen molar-refractivity contribution in [2.75, 3.05) is 25.0 Å². The Bertz CT molecular complexity index is 1380. The number of anilines is 1. The molecule has 1 saturated heterocycles. The molecule has 3 amide bonds. The molecule has 11 heteroatoms. The highest BCUT2D eigenvalue weighted by Gasteiger charge is 2.39. The fraction of sp³-hybridized carbons (Fsp3) is 0.481. The zero-order valence-electron chi connectivity index (χ0n) is 21.6. The van der Waals surface area contributed by atoms with Crippen molar-refractivity contribution < 1.29 is 19.1 Å². The summed E-state index contributed by atoms with van der Waals surface area (Å²) in [4.78, 5) is 47.3. The van der Waals surface area contributed by atoms with Gasteiger partial charge in [0.05, 0.1) is 41.7 Å². The normalized spacial score (nSPS) is 23.8. The first-order valence-electron chi connectivity index (χ1n) is 12.9. The molecule has 5 N–H and O–H groups in total. The number of amides is 3. The number of aromatic amines is 1. The van der Waals surface area contributed by atoms with Crippen LogP contribution in [0, 0.1) is 5.92 Å². The summed E-state index contributed by atoms with van der Waals surface area (Å²) in [6.07, 6.45) is 6.21. The number of ether oxygens (including phenoxy) is 1. The van der Waals surface area contributed by atoms with E-state index in [0.717, 1.165) is 21.8 Å². The average molecular weight is 541 g/mol. The first-order valence-corrected chi connectivity index (χ1v) is 13.3. The summed E-state index contributed by atoms with van der Waals surface area (Å²) in [5.74, 6) is -0.838. The molecule has 3 aromatic rings. The van der Waals surface area contributed by atoms with Crippen molar-refractivity contribution in [1.82, 2.24) is 20.2 Å². The molecule has 38 heavy (non-hydrogen) atoms. The Morgan fingerprint density at radius 2 is 1.97 bits per heavy atom. The molecule has 10 nitrogen and oxygen atoms in total. The van der Waals surface area contributed by atoms with E-state index in [1.54, 1.807) is 18.5 Å². The molecule has 0 radical (unpaired) electrons. The first kappa shape index (κ1) is 26.4. The molecule has 1 saturated carbocycles. The SMILES string of the molecule is CC1(C)CN(CC(=O)NC2CCC(C(N)=O)CC2)[C@H](C(=O)Nc2cc(Cl)cc3c2[nH]c2cnccc23)CO1. The number of nitrogens with two attached hydrogens (primary N) is 1. The molecule has 0 unspecified atom stereocenters. The molecule has 1 atom stereocenters. The van der Waals surface area contributed by atoms with Crippen molar-refractivity contribution in [1.29, 1.82) is 0 Å². The summed E-state index contributed by atoms with van der Waals surface area (Å²) in [7, 11) is 0. The molecule has 1 aliphatic heterocycles. The van der Waals surface area contributed by atoms with Crippen LogP contribution in [0.3, 0.4) is 0 Å². The highest BCUT2D eigenvalue weighted by atomic mass is 35.5. The number of aromatic nitrogens is 2. The van der Waals surface area contributed by atoms with Gasteiger partial charge in [-0.1, -0.05) is 11.6 Å². The Balaban J connectivity index is 1.30. The van der Waals surface area contributed by atoms with Gasteiger partial charge in [-0.2, -0.15) is 0 Å². The van der Waals surface area contributed by atoms with Crippen LogP contribution < -0.4 is 16.4 Å². The van der Waals surface area contributed by atoms with E-state index in [2.05, 4.69) is 20.6 Å². The van der Waals surface area contributed by atoms with E-state index in [1.807, 2.05) is 30.9 Å². The number of halogens is 1. The number of hydrogen-bond acceptors (Lipinski definition) is 6. The van der Waals surface area contributed by atoms with Crippen LogP contribution in [0.1, 0.15) is 39.5 Å². The molecular weight excluding hydrogens is 508 g/mol. The molecule has 3 heterocycles. The van der Waals surface area contributed by atoms with Crippen LogP contribution >= 0.6 is 11.6 Å². The molecule has 1 aromatic carbocycles. The quantitative estimate of drug-likeness (QED) is 0.378. The molecule has 0 bridgehead atoms. The van der Waals surface area contributed by atoms with Crippen LogP contribution in [-0.4, -0.2) is 70.0 Å². The predicted molar refractivity (Wildman–Crippen MR) is 146 cm³/mol. The lowest BCUT2D eigenvalue weighted by atomic mass is 9.85. The first-order chi connectivity index (χ1) is 18.1. The zero-order chi connectivity index (χ0) is 27.0. The molecule has 1 aliphatic carbocycles. The van der Waals surface area contributed by atoms with Gasteiger partial charge < -0.3 is 26.1 Å². The Labute approximate surface area is 225 Å². The summed E-state index contributed by atoms with van der Waals surface area (Å²) in [5.41, 5.74) is 7.05. The second-order valence-corrected chi connectivity index (χ2v) is 11.4. The number of hydrogen-bond donors (Lipinski definition) is 4. The number of morpholine rings is 1. The van der Waals surface area contributed by atoms with Gasteiger partial charge in [0.25, 0.3) is 0 Å². The van der Waals surface area contributed by atoms with Crippen LogP contribution in [0.4, 0.5) is 5.69 Å². The van der Waals surface area contributed by atoms with Crippen LogP contribution in [0.15, 0.2) is 30.6 Å². The maximum atomic E-state index is 13.6. The summed E-state index contributed by atoms with van der Waals surface area (Å²) in [6, 6.07) is 4.78. The number of benzene rings is 1. The van der Waals surface area contributed by atoms with E-state index in [4.69, 9.17) is 22.1 Å². The summed E-state index contributed by atoms with van der Waals surface area (Å²) in [6.45, 7) is 4.50. The molecule has 2 aliphatic rings. The highest BCUT2D eigenvalue weighted by Crippen LogP contribution is 2.33. The summed E-state index contributed by atoms with van der Waals surface area (Å²) < 4.78 is 5.97. The lowest BCUT2D eigenvalue weighted by molar-refractivity contribution is -0.147. The number of nitrogens with zero attached hydrogens (tertiary/aromatic N) is 2. The lowest BCUT2D eigenvalue weighted by Gasteiger charge is -2.42. The average Bonchev–Trinajstić information content (AvgIpc) is 3.22. The fourth-order valence-electron chi connectivity index (χ4n) is 5.57. The monoisotopic (exact) mass is 540 g/mol. The van der Waals surface area contributed by atoms with E-state index in [9.17, 15) is 14.4 Å². The zero-order valence-corrected chi connectivity index (χ0v) is 22.3. The lowest BCUT2D eigenvalue weighted by Crippen LogP contribution is -2.60. The van der Waals surface area contributed by atoms with Crippen molar-refractivity contribution in [2.45, 2.75) is 57.2 Å². The Morgan fingerprint density at radius 3 is 2.71 bits per heavy atom. The minimum absolute atomic E-state index is 0.00401. The minimum Gasteiger partial charge on any atom is -0.372 e. The largest absolute Gasteiger partial charge is 0.372 e. The second-order valence-electron chi connectivity index (χ2n) is 10.9. The summed E-state index contributed by atoms with van der Waals surface area (Å²) in [5, 5.41) is 8.42. The molecule has 2 fully saturated rings. The minimum atomic E-state index is -0.667. The molecule has 5 rings (SSSR count). The number of pyridine rings is 1. The van der Waals surface area contributed by atoms with Crippen LogP contribution in [0.5, 0.6) is 0 Å². The predicted octanol–water partition coefficient (Wildman–Crippen LogP) is 2.95. The van der Waals surface area contributed by atoms with Gasteiger partial charge in [-0.15, -0.1) is 0 Å². The van der Waals surface area contributed by atoms with Crippen molar-refractivity contribution >= 4 is 56.8 Å². The third-order valence-corrected chi connectivity index (χ3v) is 7.75.